The van der Waals surface area contributed by atoms with Crippen molar-refractivity contribution in [3.8, 4) is 17.0 Å². The molecule has 0 fully saturated rings. The van der Waals surface area contributed by atoms with Crippen LogP contribution in [-0.2, 0) is 7.05 Å². The highest BCUT2D eigenvalue weighted by atomic mass is 16.5. The van der Waals surface area contributed by atoms with Crippen molar-refractivity contribution in [3.63, 3.8) is 0 Å². The van der Waals surface area contributed by atoms with Crippen molar-refractivity contribution in [2.24, 2.45) is 7.05 Å². The fourth-order valence-electron chi connectivity index (χ4n) is 1.58. The van der Waals surface area contributed by atoms with Crippen LogP contribution in [0.1, 0.15) is 10.5 Å². The predicted octanol–water partition coefficient (Wildman–Crippen LogP) is 1.91. The summed E-state index contributed by atoms with van der Waals surface area (Å²) in [7, 11) is 3.44. The maximum absolute atomic E-state index is 10.6. The standard InChI is InChI=1S/C12H12N2O2/c1-14-12(7-10(8-15)13-14)9-3-5-11(16-2)6-4-9/h3-8H,1-2H3. The minimum absolute atomic E-state index is 0.438. The van der Waals surface area contributed by atoms with Crippen molar-refractivity contribution in [1.82, 2.24) is 9.78 Å². The Bertz CT molecular complexity index is 500. The van der Waals surface area contributed by atoms with Gasteiger partial charge in [0.05, 0.1) is 12.8 Å². The molecule has 4 nitrogen and oxygen atoms in total. The molecule has 1 aromatic heterocycles. The van der Waals surface area contributed by atoms with Crippen LogP contribution >= 0.6 is 0 Å². The largest absolute Gasteiger partial charge is 0.497 e. The average molecular weight is 216 g/mol. The Labute approximate surface area is 93.5 Å². The maximum atomic E-state index is 10.6. The van der Waals surface area contributed by atoms with E-state index in [9.17, 15) is 4.79 Å². The van der Waals surface area contributed by atoms with E-state index >= 15 is 0 Å². The first-order valence-corrected chi connectivity index (χ1v) is 4.88. The minimum atomic E-state index is 0.438. The topological polar surface area (TPSA) is 44.1 Å². The number of ether oxygens (including phenoxy) is 1. The molecule has 0 N–H and O–H groups in total. The van der Waals surface area contributed by atoms with E-state index in [1.54, 1.807) is 17.9 Å². The number of nitrogens with zero attached hydrogens (tertiary/aromatic N) is 2. The molecule has 0 spiro atoms. The second kappa shape index (κ2) is 4.18. The van der Waals surface area contributed by atoms with Gasteiger partial charge in [-0.2, -0.15) is 5.10 Å². The van der Waals surface area contributed by atoms with E-state index in [0.29, 0.717) is 5.69 Å². The number of aldehydes is 1. The number of hydrogen-bond acceptors (Lipinski definition) is 3. The zero-order chi connectivity index (χ0) is 11.5. The summed E-state index contributed by atoms with van der Waals surface area (Å²) in [6.45, 7) is 0. The van der Waals surface area contributed by atoms with E-state index in [1.165, 1.54) is 0 Å². The highest BCUT2D eigenvalue weighted by Gasteiger charge is 2.06. The van der Waals surface area contributed by atoms with E-state index in [4.69, 9.17) is 4.74 Å². The molecule has 0 bridgehead atoms. The van der Waals surface area contributed by atoms with E-state index in [1.807, 2.05) is 31.3 Å². The lowest BCUT2D eigenvalue weighted by Crippen LogP contribution is -1.94. The molecule has 0 atom stereocenters. The van der Waals surface area contributed by atoms with Gasteiger partial charge in [0.1, 0.15) is 11.4 Å². The first-order valence-electron chi connectivity index (χ1n) is 4.88. The number of benzene rings is 1. The van der Waals surface area contributed by atoms with E-state index in [-0.39, 0.29) is 0 Å². The molecule has 82 valence electrons. The molecule has 0 aliphatic carbocycles. The molecule has 1 heterocycles. The highest BCUT2D eigenvalue weighted by molar-refractivity contribution is 5.75. The molecule has 0 amide bonds. The average Bonchev–Trinajstić information content (AvgIpc) is 2.71. The molecule has 2 rings (SSSR count). The number of rotatable bonds is 3. The van der Waals surface area contributed by atoms with Crippen LogP contribution in [0.15, 0.2) is 30.3 Å². The number of methoxy groups -OCH3 is 1. The normalized spacial score (nSPS) is 10.1. The number of carbonyl (C=O) groups is 1. The lowest BCUT2D eigenvalue weighted by Gasteiger charge is -2.03. The Hall–Kier alpha value is -2.10. The van der Waals surface area contributed by atoms with Crippen LogP contribution in [0.5, 0.6) is 5.75 Å². The van der Waals surface area contributed by atoms with Crippen LogP contribution < -0.4 is 4.74 Å². The first kappa shape index (κ1) is 10.4. The molecule has 1 aromatic carbocycles. The minimum Gasteiger partial charge on any atom is -0.497 e. The van der Waals surface area contributed by atoms with Crippen LogP contribution in [0.2, 0.25) is 0 Å². The Morgan fingerprint density at radius 2 is 2.00 bits per heavy atom. The zero-order valence-electron chi connectivity index (χ0n) is 9.18. The molecule has 0 radical (unpaired) electrons. The van der Waals surface area contributed by atoms with Gasteiger partial charge in [0.2, 0.25) is 0 Å². The summed E-state index contributed by atoms with van der Waals surface area (Å²) in [5.41, 5.74) is 2.35. The number of hydrogen-bond donors (Lipinski definition) is 0. The third-order valence-electron chi connectivity index (χ3n) is 2.41. The van der Waals surface area contributed by atoms with Gasteiger partial charge >= 0.3 is 0 Å². The first-order chi connectivity index (χ1) is 7.74. The fourth-order valence-corrected chi connectivity index (χ4v) is 1.58. The van der Waals surface area contributed by atoms with Crippen molar-refractivity contribution in [3.05, 3.63) is 36.0 Å². The summed E-state index contributed by atoms with van der Waals surface area (Å²) in [6, 6.07) is 9.38. The van der Waals surface area contributed by atoms with Crippen LogP contribution in [0.4, 0.5) is 0 Å². The Morgan fingerprint density at radius 1 is 1.31 bits per heavy atom. The summed E-state index contributed by atoms with van der Waals surface area (Å²) < 4.78 is 6.77. The molecular formula is C12H12N2O2. The Kier molecular flexibility index (Phi) is 2.72. The SMILES string of the molecule is COc1ccc(-c2cc(C=O)nn2C)cc1. The molecule has 2 aromatic rings. The lowest BCUT2D eigenvalue weighted by atomic mass is 10.1. The fraction of sp³-hybridized carbons (Fsp3) is 0.167. The van der Waals surface area contributed by atoms with Crippen LogP contribution in [0.25, 0.3) is 11.3 Å². The maximum Gasteiger partial charge on any atom is 0.170 e. The van der Waals surface area contributed by atoms with Gasteiger partial charge in [0.15, 0.2) is 6.29 Å². The Morgan fingerprint density at radius 3 is 2.50 bits per heavy atom. The predicted molar refractivity (Wildman–Crippen MR) is 60.6 cm³/mol. The summed E-state index contributed by atoms with van der Waals surface area (Å²) >= 11 is 0. The molecule has 0 unspecified atom stereocenters. The van der Waals surface area contributed by atoms with Crippen LogP contribution in [-0.4, -0.2) is 23.2 Å². The van der Waals surface area contributed by atoms with Crippen molar-refractivity contribution < 1.29 is 9.53 Å². The van der Waals surface area contributed by atoms with Crippen LogP contribution in [0, 0.1) is 0 Å². The third-order valence-corrected chi connectivity index (χ3v) is 2.41. The number of carbonyl (C=O) groups excluding carboxylic acids is 1. The van der Waals surface area contributed by atoms with Gasteiger partial charge in [-0.25, -0.2) is 0 Å². The van der Waals surface area contributed by atoms with Gasteiger partial charge in [0.25, 0.3) is 0 Å². The second-order valence-corrected chi connectivity index (χ2v) is 3.42. The summed E-state index contributed by atoms with van der Waals surface area (Å²) in [6.07, 6.45) is 0.743. The molecule has 0 saturated heterocycles. The van der Waals surface area contributed by atoms with Gasteiger partial charge in [0, 0.05) is 12.6 Å². The molecule has 4 heteroatoms. The van der Waals surface area contributed by atoms with E-state index < -0.39 is 0 Å². The van der Waals surface area contributed by atoms with Crippen LogP contribution in [0.3, 0.4) is 0 Å². The Balaban J connectivity index is 2.41. The van der Waals surface area contributed by atoms with E-state index in [0.717, 1.165) is 23.3 Å². The van der Waals surface area contributed by atoms with Gasteiger partial charge in [-0.1, -0.05) is 0 Å². The summed E-state index contributed by atoms with van der Waals surface area (Å²) in [5, 5.41) is 4.07. The lowest BCUT2D eigenvalue weighted by molar-refractivity contribution is 0.111. The molecule has 16 heavy (non-hydrogen) atoms. The monoisotopic (exact) mass is 216 g/mol. The second-order valence-electron chi connectivity index (χ2n) is 3.42. The molecular weight excluding hydrogens is 204 g/mol. The quantitative estimate of drug-likeness (QED) is 0.736. The smallest absolute Gasteiger partial charge is 0.170 e. The molecule has 0 aliphatic rings. The van der Waals surface area contributed by atoms with Gasteiger partial charge < -0.3 is 4.74 Å². The molecule has 0 aliphatic heterocycles. The van der Waals surface area contributed by atoms with Gasteiger partial charge in [-0.05, 0) is 30.3 Å². The van der Waals surface area contributed by atoms with Crippen molar-refractivity contribution in [2.75, 3.05) is 7.11 Å². The number of aromatic nitrogens is 2. The highest BCUT2D eigenvalue weighted by Crippen LogP contribution is 2.22. The zero-order valence-corrected chi connectivity index (χ0v) is 9.18. The van der Waals surface area contributed by atoms with Crippen molar-refractivity contribution in [2.45, 2.75) is 0 Å². The van der Waals surface area contributed by atoms with Gasteiger partial charge in [-0.3, -0.25) is 9.48 Å². The van der Waals surface area contributed by atoms with Crippen molar-refractivity contribution >= 4 is 6.29 Å². The summed E-state index contributed by atoms with van der Waals surface area (Å²) in [4.78, 5) is 10.6. The molecule has 0 saturated carbocycles. The summed E-state index contributed by atoms with van der Waals surface area (Å²) in [5.74, 6) is 0.807. The number of aryl methyl sites for hydroxylation is 1. The van der Waals surface area contributed by atoms with Crippen molar-refractivity contribution in [1.29, 1.82) is 0 Å². The van der Waals surface area contributed by atoms with Gasteiger partial charge in [-0.15, -0.1) is 0 Å². The van der Waals surface area contributed by atoms with E-state index in [2.05, 4.69) is 5.10 Å². The third kappa shape index (κ3) is 1.82.